The third kappa shape index (κ3) is 12.1. The maximum atomic E-state index is 13.3. The summed E-state index contributed by atoms with van der Waals surface area (Å²) >= 11 is 0. The van der Waals surface area contributed by atoms with Crippen LogP contribution in [0, 0.1) is 5.92 Å². The zero-order valence-electron chi connectivity index (χ0n) is 16.2. The molecule has 0 heterocycles. The second-order valence-electron chi connectivity index (χ2n) is 7.12. The van der Waals surface area contributed by atoms with Crippen molar-refractivity contribution < 1.29 is 28.3 Å². The van der Waals surface area contributed by atoms with Gasteiger partial charge in [-0.1, -0.05) is 39.5 Å². The van der Waals surface area contributed by atoms with Gasteiger partial charge in [0, 0.05) is 32.1 Å². The van der Waals surface area contributed by atoms with E-state index >= 15 is 0 Å². The molecule has 1 saturated carbocycles. The summed E-state index contributed by atoms with van der Waals surface area (Å²) in [5.74, 6) is -4.46. The third-order valence-corrected chi connectivity index (χ3v) is 4.62. The molecule has 6 heteroatoms. The van der Waals surface area contributed by atoms with Crippen molar-refractivity contribution in [2.75, 3.05) is 0 Å². The molecule has 1 N–H and O–H groups in total. The Morgan fingerprint density at radius 2 is 1.73 bits per heavy atom. The van der Waals surface area contributed by atoms with Gasteiger partial charge in [0.1, 0.15) is 5.78 Å². The number of Topliss-reactive ketones (excluding diaryl/α,β-unsaturated/α-hetero) is 2. The molecular weight excluding hydrogens is 342 g/mol. The van der Waals surface area contributed by atoms with Gasteiger partial charge >= 0.3 is 11.9 Å². The zero-order valence-corrected chi connectivity index (χ0v) is 16.2. The Hall–Kier alpha value is -1.33. The Kier molecular flexibility index (Phi) is 13.1. The number of hydrogen-bond donors (Lipinski definition) is 1. The molecule has 1 atom stereocenters. The summed E-state index contributed by atoms with van der Waals surface area (Å²) < 4.78 is 26.7. The van der Waals surface area contributed by atoms with Crippen LogP contribution in [0.3, 0.4) is 0 Å². The molecule has 0 spiro atoms. The predicted molar refractivity (Wildman–Crippen MR) is 97.5 cm³/mol. The summed E-state index contributed by atoms with van der Waals surface area (Å²) in [6, 6.07) is 0. The van der Waals surface area contributed by atoms with Crippen molar-refractivity contribution >= 4 is 17.5 Å². The molecule has 1 fully saturated rings. The number of alkyl halides is 2. The van der Waals surface area contributed by atoms with E-state index in [1.54, 1.807) is 0 Å². The van der Waals surface area contributed by atoms with Crippen molar-refractivity contribution in [3.8, 4) is 0 Å². The molecule has 4 nitrogen and oxygen atoms in total. The topological polar surface area (TPSA) is 71.4 Å². The normalized spacial score (nSPS) is 16.9. The maximum Gasteiger partial charge on any atom is 0.305 e. The highest BCUT2D eigenvalue weighted by atomic mass is 19.3. The van der Waals surface area contributed by atoms with Gasteiger partial charge in [0.2, 0.25) is 5.78 Å². The molecule has 0 saturated heterocycles. The van der Waals surface area contributed by atoms with E-state index in [-0.39, 0.29) is 24.5 Å². The van der Waals surface area contributed by atoms with Crippen molar-refractivity contribution in [3.63, 3.8) is 0 Å². The third-order valence-electron chi connectivity index (χ3n) is 4.62. The lowest BCUT2D eigenvalue weighted by Gasteiger charge is -2.15. The van der Waals surface area contributed by atoms with Crippen LogP contribution in [0.5, 0.6) is 0 Å². The lowest BCUT2D eigenvalue weighted by molar-refractivity contribution is -0.144. The average Bonchev–Trinajstić information content (AvgIpc) is 3.00. The summed E-state index contributed by atoms with van der Waals surface area (Å²) in [5, 5.41) is 8.21. The number of ketones is 2. The van der Waals surface area contributed by atoms with Crippen LogP contribution in [0.2, 0.25) is 0 Å². The highest BCUT2D eigenvalue weighted by molar-refractivity contribution is 5.85. The second-order valence-corrected chi connectivity index (χ2v) is 7.12. The number of rotatable bonds is 12. The molecule has 0 aromatic carbocycles. The fourth-order valence-electron chi connectivity index (χ4n) is 2.90. The molecular formula is C20H34F2O4. The van der Waals surface area contributed by atoms with E-state index in [1.807, 2.05) is 6.92 Å². The van der Waals surface area contributed by atoms with Gasteiger partial charge < -0.3 is 5.11 Å². The van der Waals surface area contributed by atoms with Crippen LogP contribution < -0.4 is 0 Å². The Morgan fingerprint density at radius 3 is 2.23 bits per heavy atom. The van der Waals surface area contributed by atoms with Gasteiger partial charge in [0.05, 0.1) is 0 Å². The lowest BCUT2D eigenvalue weighted by atomic mass is 9.96. The predicted octanol–water partition coefficient (Wildman–Crippen LogP) is 5.57. The molecule has 1 aliphatic carbocycles. The van der Waals surface area contributed by atoms with Gasteiger partial charge in [-0.25, -0.2) is 0 Å². The first-order valence-corrected chi connectivity index (χ1v) is 9.87. The molecule has 0 radical (unpaired) electrons. The SMILES string of the molecule is CCCCC(F)(F)C(=O)CC[C@H]1CCC(=O)C1.CCCCCCC(=O)O. The molecule has 0 aromatic rings. The lowest BCUT2D eigenvalue weighted by Crippen LogP contribution is -2.28. The summed E-state index contributed by atoms with van der Waals surface area (Å²) in [6.07, 6.45) is 7.37. The van der Waals surface area contributed by atoms with E-state index in [0.717, 1.165) is 25.7 Å². The van der Waals surface area contributed by atoms with Crippen LogP contribution in [-0.4, -0.2) is 28.6 Å². The van der Waals surface area contributed by atoms with Crippen LogP contribution in [0.25, 0.3) is 0 Å². The fourth-order valence-corrected chi connectivity index (χ4v) is 2.90. The monoisotopic (exact) mass is 376 g/mol. The van der Waals surface area contributed by atoms with Crippen molar-refractivity contribution in [3.05, 3.63) is 0 Å². The quantitative estimate of drug-likeness (QED) is 0.452. The highest BCUT2D eigenvalue weighted by Crippen LogP contribution is 2.29. The van der Waals surface area contributed by atoms with E-state index in [1.165, 1.54) is 6.42 Å². The Bertz CT molecular complexity index is 436. The molecule has 26 heavy (non-hydrogen) atoms. The highest BCUT2D eigenvalue weighted by Gasteiger charge is 2.37. The van der Waals surface area contributed by atoms with Gasteiger partial charge in [-0.3, -0.25) is 14.4 Å². The van der Waals surface area contributed by atoms with E-state index in [2.05, 4.69) is 6.92 Å². The Morgan fingerprint density at radius 1 is 1.08 bits per heavy atom. The first-order chi connectivity index (χ1) is 12.2. The molecule has 152 valence electrons. The van der Waals surface area contributed by atoms with Gasteiger partial charge in [0.15, 0.2) is 0 Å². The minimum absolute atomic E-state index is 0.0886. The largest absolute Gasteiger partial charge is 0.481 e. The maximum absolute atomic E-state index is 13.3. The van der Waals surface area contributed by atoms with Crippen LogP contribution >= 0.6 is 0 Å². The number of hydrogen-bond acceptors (Lipinski definition) is 3. The summed E-state index contributed by atoms with van der Waals surface area (Å²) in [4.78, 5) is 32.3. The fraction of sp³-hybridized carbons (Fsp3) is 0.850. The van der Waals surface area contributed by atoms with E-state index in [9.17, 15) is 23.2 Å². The van der Waals surface area contributed by atoms with E-state index in [0.29, 0.717) is 38.5 Å². The van der Waals surface area contributed by atoms with Crippen LogP contribution in [-0.2, 0) is 14.4 Å². The molecule has 0 amide bonds. The summed E-state index contributed by atoms with van der Waals surface area (Å²) in [7, 11) is 0. The van der Waals surface area contributed by atoms with Crippen molar-refractivity contribution in [1.82, 2.24) is 0 Å². The van der Waals surface area contributed by atoms with Gasteiger partial charge in [-0.15, -0.1) is 0 Å². The number of carbonyl (C=O) groups excluding carboxylic acids is 2. The van der Waals surface area contributed by atoms with Crippen LogP contribution in [0.1, 0.15) is 97.3 Å². The minimum atomic E-state index is -3.17. The minimum Gasteiger partial charge on any atom is -0.481 e. The Balaban J connectivity index is 0.000000590. The Labute approximate surface area is 155 Å². The van der Waals surface area contributed by atoms with Gasteiger partial charge in [0.25, 0.3) is 0 Å². The zero-order chi connectivity index (χ0) is 20.0. The molecule has 1 rings (SSSR count). The van der Waals surface area contributed by atoms with Gasteiger partial charge in [-0.2, -0.15) is 8.78 Å². The first-order valence-electron chi connectivity index (χ1n) is 9.87. The smallest absolute Gasteiger partial charge is 0.305 e. The van der Waals surface area contributed by atoms with E-state index < -0.39 is 17.7 Å². The number of carboxylic acids is 1. The van der Waals surface area contributed by atoms with Crippen molar-refractivity contribution in [2.24, 2.45) is 5.92 Å². The number of unbranched alkanes of at least 4 members (excludes halogenated alkanes) is 4. The molecule has 1 aliphatic rings. The summed E-state index contributed by atoms with van der Waals surface area (Å²) in [6.45, 7) is 3.94. The first kappa shape index (κ1) is 24.7. The molecule has 0 aromatic heterocycles. The summed E-state index contributed by atoms with van der Waals surface area (Å²) in [5.41, 5.74) is 0. The molecule has 0 aliphatic heterocycles. The number of halogens is 2. The molecule has 0 unspecified atom stereocenters. The van der Waals surface area contributed by atoms with Crippen molar-refractivity contribution in [2.45, 2.75) is 103 Å². The average molecular weight is 376 g/mol. The van der Waals surface area contributed by atoms with Gasteiger partial charge in [-0.05, 0) is 31.6 Å². The van der Waals surface area contributed by atoms with Crippen LogP contribution in [0.4, 0.5) is 8.78 Å². The second kappa shape index (κ2) is 13.8. The van der Waals surface area contributed by atoms with Crippen LogP contribution in [0.15, 0.2) is 0 Å². The number of carboxylic acid groups (broad SMARTS) is 1. The van der Waals surface area contributed by atoms with E-state index in [4.69, 9.17) is 5.11 Å². The van der Waals surface area contributed by atoms with Crippen molar-refractivity contribution in [1.29, 1.82) is 0 Å². The number of carbonyl (C=O) groups is 3. The number of aliphatic carboxylic acids is 1. The molecule has 0 bridgehead atoms. The standard InChI is InChI=1S/C13H20F2O2.C7H14O2/c1-2-3-8-13(14,15)12(17)7-5-10-4-6-11(16)9-10;1-2-3-4-5-6-7(8)9/h10H,2-9H2,1H3;2-6H2,1H3,(H,8,9)/t10-;/m1./s1.